The third-order valence-corrected chi connectivity index (χ3v) is 3.49. The Balaban J connectivity index is 2.30. The van der Waals surface area contributed by atoms with Crippen LogP contribution >= 0.6 is 0 Å². The zero-order chi connectivity index (χ0) is 13.7. The zero-order valence-corrected chi connectivity index (χ0v) is 11.6. The first-order valence-electron chi connectivity index (χ1n) is 6.63. The van der Waals surface area contributed by atoms with Gasteiger partial charge >= 0.3 is 0 Å². The first-order valence-corrected chi connectivity index (χ1v) is 6.63. The average molecular weight is 255 g/mol. The number of hydrogen-bond acceptors (Lipinski definition) is 3. The van der Waals surface area contributed by atoms with Gasteiger partial charge in [-0.3, -0.25) is 9.59 Å². The number of carbonyl (C=O) groups excluding carboxylic acids is 2. The topological polar surface area (TPSA) is 75.4 Å². The van der Waals surface area contributed by atoms with E-state index in [1.807, 2.05) is 0 Å². The van der Waals surface area contributed by atoms with E-state index in [4.69, 9.17) is 5.73 Å². The second-order valence-electron chi connectivity index (χ2n) is 5.60. The van der Waals surface area contributed by atoms with Crippen LogP contribution in [0.1, 0.15) is 32.6 Å². The fourth-order valence-corrected chi connectivity index (χ4v) is 2.53. The highest BCUT2D eigenvalue weighted by Gasteiger charge is 2.28. The summed E-state index contributed by atoms with van der Waals surface area (Å²) in [6, 6.07) is 0.132. The van der Waals surface area contributed by atoms with Gasteiger partial charge < -0.3 is 16.0 Å². The molecule has 1 fully saturated rings. The fraction of sp³-hybridized carbons (Fsp3) is 0.846. The van der Waals surface area contributed by atoms with Crippen LogP contribution in [0.4, 0.5) is 0 Å². The monoisotopic (exact) mass is 255 g/mol. The number of nitrogens with one attached hydrogen (secondary N) is 1. The highest BCUT2D eigenvalue weighted by molar-refractivity contribution is 5.80. The van der Waals surface area contributed by atoms with Gasteiger partial charge in [0.2, 0.25) is 11.8 Å². The molecular weight excluding hydrogens is 230 g/mol. The number of hydrogen-bond donors (Lipinski definition) is 2. The van der Waals surface area contributed by atoms with Crippen molar-refractivity contribution in [2.75, 3.05) is 20.6 Å². The Bertz CT molecular complexity index is 295. The van der Waals surface area contributed by atoms with E-state index in [0.29, 0.717) is 18.9 Å². The fourth-order valence-electron chi connectivity index (χ4n) is 2.53. The quantitative estimate of drug-likeness (QED) is 0.761. The Morgan fingerprint density at radius 1 is 1.28 bits per heavy atom. The molecule has 2 amide bonds. The minimum Gasteiger partial charge on any atom is -0.355 e. The molecule has 0 spiro atoms. The number of carbonyl (C=O) groups is 2. The zero-order valence-electron chi connectivity index (χ0n) is 11.6. The second kappa shape index (κ2) is 6.73. The van der Waals surface area contributed by atoms with Crippen LogP contribution in [0.5, 0.6) is 0 Å². The molecule has 5 nitrogen and oxygen atoms in total. The van der Waals surface area contributed by atoms with E-state index in [2.05, 4.69) is 12.2 Å². The van der Waals surface area contributed by atoms with E-state index >= 15 is 0 Å². The summed E-state index contributed by atoms with van der Waals surface area (Å²) in [6.07, 6.45) is 3.02. The van der Waals surface area contributed by atoms with Gasteiger partial charge in [-0.2, -0.15) is 0 Å². The molecule has 0 aromatic heterocycles. The van der Waals surface area contributed by atoms with Crippen LogP contribution in [0, 0.1) is 11.8 Å². The van der Waals surface area contributed by atoms with Crippen LogP contribution in [0.25, 0.3) is 0 Å². The van der Waals surface area contributed by atoms with Gasteiger partial charge in [-0.25, -0.2) is 0 Å². The van der Waals surface area contributed by atoms with Crippen molar-refractivity contribution >= 4 is 11.8 Å². The van der Waals surface area contributed by atoms with Gasteiger partial charge in [-0.1, -0.05) is 6.92 Å². The summed E-state index contributed by atoms with van der Waals surface area (Å²) >= 11 is 0. The lowest BCUT2D eigenvalue weighted by atomic mass is 9.79. The van der Waals surface area contributed by atoms with Crippen molar-refractivity contribution < 1.29 is 9.59 Å². The maximum atomic E-state index is 11.9. The van der Waals surface area contributed by atoms with Crippen molar-refractivity contribution in [2.45, 2.75) is 38.6 Å². The Morgan fingerprint density at radius 3 is 2.50 bits per heavy atom. The summed E-state index contributed by atoms with van der Waals surface area (Å²) in [6.45, 7) is 2.55. The third kappa shape index (κ3) is 4.64. The van der Waals surface area contributed by atoms with Crippen LogP contribution in [-0.2, 0) is 9.59 Å². The Morgan fingerprint density at radius 2 is 1.94 bits per heavy atom. The Labute approximate surface area is 109 Å². The molecule has 0 aromatic carbocycles. The molecule has 3 unspecified atom stereocenters. The number of amides is 2. The molecule has 1 aliphatic rings. The highest BCUT2D eigenvalue weighted by Crippen LogP contribution is 2.27. The first kappa shape index (κ1) is 15.0. The van der Waals surface area contributed by atoms with E-state index in [-0.39, 0.29) is 23.8 Å². The molecule has 1 saturated carbocycles. The van der Waals surface area contributed by atoms with Crippen molar-refractivity contribution in [3.63, 3.8) is 0 Å². The Kier molecular flexibility index (Phi) is 5.59. The van der Waals surface area contributed by atoms with Gasteiger partial charge in [-0.05, 0) is 25.2 Å². The van der Waals surface area contributed by atoms with Gasteiger partial charge in [0.15, 0.2) is 0 Å². The van der Waals surface area contributed by atoms with E-state index < -0.39 is 0 Å². The molecule has 104 valence electrons. The van der Waals surface area contributed by atoms with E-state index in [0.717, 1.165) is 19.3 Å². The van der Waals surface area contributed by atoms with Crippen LogP contribution in [-0.4, -0.2) is 43.4 Å². The van der Waals surface area contributed by atoms with Gasteiger partial charge in [0.25, 0.3) is 0 Å². The molecule has 0 saturated heterocycles. The molecule has 18 heavy (non-hydrogen) atoms. The molecule has 0 radical (unpaired) electrons. The molecule has 1 rings (SSSR count). The maximum absolute atomic E-state index is 11.9. The molecule has 0 aromatic rings. The smallest absolute Gasteiger partial charge is 0.223 e. The predicted octanol–water partition coefficient (Wildman–Crippen LogP) is 0.344. The molecule has 0 aliphatic heterocycles. The van der Waals surface area contributed by atoms with Gasteiger partial charge in [0, 0.05) is 39.0 Å². The normalized spacial score (nSPS) is 27.7. The van der Waals surface area contributed by atoms with Crippen molar-refractivity contribution in [3.05, 3.63) is 0 Å². The lowest BCUT2D eigenvalue weighted by Crippen LogP contribution is -2.41. The van der Waals surface area contributed by atoms with E-state index in [1.54, 1.807) is 14.1 Å². The van der Waals surface area contributed by atoms with Crippen LogP contribution < -0.4 is 11.1 Å². The van der Waals surface area contributed by atoms with Crippen LogP contribution in [0.3, 0.4) is 0 Å². The van der Waals surface area contributed by atoms with Crippen molar-refractivity contribution in [3.8, 4) is 0 Å². The number of nitrogens with two attached hydrogens (primary N) is 1. The minimum atomic E-state index is 0.0122. The molecule has 0 heterocycles. The van der Waals surface area contributed by atoms with Gasteiger partial charge in [-0.15, -0.1) is 0 Å². The lowest BCUT2D eigenvalue weighted by molar-refractivity contribution is -0.129. The van der Waals surface area contributed by atoms with Crippen LogP contribution in [0.15, 0.2) is 0 Å². The summed E-state index contributed by atoms with van der Waals surface area (Å²) in [5.74, 6) is 0.596. The minimum absolute atomic E-state index is 0.0122. The molecule has 1 aliphatic carbocycles. The first-order chi connectivity index (χ1) is 8.40. The second-order valence-corrected chi connectivity index (χ2v) is 5.60. The summed E-state index contributed by atoms with van der Waals surface area (Å²) in [4.78, 5) is 24.8. The largest absolute Gasteiger partial charge is 0.355 e. The summed E-state index contributed by atoms with van der Waals surface area (Å²) in [5, 5.41) is 2.84. The number of nitrogens with zero attached hydrogens (tertiary/aromatic N) is 1. The molecular formula is C13H25N3O2. The van der Waals surface area contributed by atoms with Crippen molar-refractivity contribution in [2.24, 2.45) is 17.6 Å². The molecule has 0 bridgehead atoms. The maximum Gasteiger partial charge on any atom is 0.223 e. The summed E-state index contributed by atoms with van der Waals surface area (Å²) < 4.78 is 0. The summed E-state index contributed by atoms with van der Waals surface area (Å²) in [5.41, 5.74) is 5.93. The molecule has 3 N–H and O–H groups in total. The number of rotatable bonds is 4. The van der Waals surface area contributed by atoms with E-state index in [9.17, 15) is 9.59 Å². The average Bonchev–Trinajstić information content (AvgIpc) is 2.27. The lowest BCUT2D eigenvalue weighted by Gasteiger charge is -2.30. The van der Waals surface area contributed by atoms with Gasteiger partial charge in [0.05, 0.1) is 0 Å². The van der Waals surface area contributed by atoms with Crippen molar-refractivity contribution in [1.29, 1.82) is 0 Å². The third-order valence-electron chi connectivity index (χ3n) is 3.49. The standard InChI is InChI=1S/C13H25N3O2/c1-9-6-10(8-11(14)7-9)13(18)15-5-4-12(17)16(2)3/h9-11H,4-8,14H2,1-3H3,(H,15,18). The van der Waals surface area contributed by atoms with E-state index in [1.165, 1.54) is 4.90 Å². The molecule has 3 atom stereocenters. The molecule has 5 heteroatoms. The van der Waals surface area contributed by atoms with Crippen LogP contribution in [0.2, 0.25) is 0 Å². The SMILES string of the molecule is CC1CC(N)CC(C(=O)NCCC(=O)N(C)C)C1. The predicted molar refractivity (Wildman–Crippen MR) is 70.8 cm³/mol. The van der Waals surface area contributed by atoms with Crippen molar-refractivity contribution in [1.82, 2.24) is 10.2 Å². The summed E-state index contributed by atoms with van der Waals surface area (Å²) in [7, 11) is 3.43. The van der Waals surface area contributed by atoms with Gasteiger partial charge in [0.1, 0.15) is 0 Å². The Hall–Kier alpha value is -1.10. The highest BCUT2D eigenvalue weighted by atomic mass is 16.2.